The van der Waals surface area contributed by atoms with Gasteiger partial charge >= 0.3 is 5.97 Å². The van der Waals surface area contributed by atoms with E-state index in [2.05, 4.69) is 12.2 Å². The van der Waals surface area contributed by atoms with Crippen molar-refractivity contribution in [1.29, 1.82) is 0 Å². The summed E-state index contributed by atoms with van der Waals surface area (Å²) in [6.45, 7) is 3.99. The molecule has 2 N–H and O–H groups in total. The number of aliphatic carboxylic acids is 1. The fourth-order valence-electron chi connectivity index (χ4n) is 2.71. The molecular weight excluding hydrogens is 286 g/mol. The molecule has 1 aromatic heterocycles. The summed E-state index contributed by atoms with van der Waals surface area (Å²) in [5.41, 5.74) is 0.820. The summed E-state index contributed by atoms with van der Waals surface area (Å²) in [6, 6.07) is 1.83. The Bertz CT molecular complexity index is 568. The Kier molecular flexibility index (Phi) is 4.83. The highest BCUT2D eigenvalue weighted by atomic mass is 32.1. The molecule has 2 rings (SSSR count). The van der Waals surface area contributed by atoms with Crippen LogP contribution >= 0.6 is 11.3 Å². The number of thiophene rings is 1. The first-order chi connectivity index (χ1) is 9.89. The maximum Gasteiger partial charge on any atom is 0.328 e. The van der Waals surface area contributed by atoms with Crippen molar-refractivity contribution >= 4 is 29.3 Å². The Balaban J connectivity index is 2.09. The Labute approximate surface area is 128 Å². The molecule has 0 spiro atoms. The largest absolute Gasteiger partial charge is 0.478 e. The number of aryl methyl sites for hydroxylation is 1. The zero-order valence-electron chi connectivity index (χ0n) is 12.4. The zero-order valence-corrected chi connectivity index (χ0v) is 13.3. The van der Waals surface area contributed by atoms with E-state index in [4.69, 9.17) is 5.11 Å². The molecule has 114 valence electrons. The van der Waals surface area contributed by atoms with E-state index in [0.717, 1.165) is 42.2 Å². The molecule has 1 aliphatic rings. The van der Waals surface area contributed by atoms with E-state index in [-0.39, 0.29) is 11.4 Å². The molecular formula is C16H21NO3S. The lowest BCUT2D eigenvalue weighted by Crippen LogP contribution is -2.47. The van der Waals surface area contributed by atoms with Gasteiger partial charge in [-0.25, -0.2) is 4.79 Å². The normalized spacial score (nSPS) is 17.8. The monoisotopic (exact) mass is 307 g/mol. The van der Waals surface area contributed by atoms with Crippen LogP contribution in [0.5, 0.6) is 0 Å². The molecule has 4 nitrogen and oxygen atoms in total. The fourth-order valence-corrected chi connectivity index (χ4v) is 3.69. The van der Waals surface area contributed by atoms with Gasteiger partial charge in [-0.2, -0.15) is 0 Å². The van der Waals surface area contributed by atoms with Crippen LogP contribution in [0.25, 0.3) is 6.08 Å². The summed E-state index contributed by atoms with van der Waals surface area (Å²) in [5, 5.41) is 11.8. The van der Waals surface area contributed by atoms with E-state index in [0.29, 0.717) is 4.88 Å². The molecule has 0 bridgehead atoms. The van der Waals surface area contributed by atoms with Gasteiger partial charge in [-0.15, -0.1) is 11.3 Å². The van der Waals surface area contributed by atoms with Gasteiger partial charge in [-0.3, -0.25) is 4.79 Å². The van der Waals surface area contributed by atoms with Crippen LogP contribution in [0, 0.1) is 6.92 Å². The van der Waals surface area contributed by atoms with Gasteiger partial charge in [0.05, 0.1) is 4.88 Å². The van der Waals surface area contributed by atoms with Crippen molar-refractivity contribution in [3.05, 3.63) is 27.5 Å². The summed E-state index contributed by atoms with van der Waals surface area (Å²) in [5.74, 6) is -1.04. The van der Waals surface area contributed by atoms with Gasteiger partial charge in [0.1, 0.15) is 0 Å². The molecule has 0 radical (unpaired) electrons. The smallest absolute Gasteiger partial charge is 0.328 e. The van der Waals surface area contributed by atoms with E-state index in [1.807, 2.05) is 13.0 Å². The van der Waals surface area contributed by atoms with Gasteiger partial charge in [0.15, 0.2) is 0 Å². The molecule has 1 saturated carbocycles. The number of carboxylic acids is 1. The molecule has 1 aliphatic carbocycles. The molecule has 1 amide bonds. The van der Waals surface area contributed by atoms with Gasteiger partial charge in [-0.05, 0) is 44.4 Å². The minimum atomic E-state index is -0.983. The number of hydrogen-bond acceptors (Lipinski definition) is 3. The van der Waals surface area contributed by atoms with Crippen molar-refractivity contribution in [2.75, 3.05) is 0 Å². The summed E-state index contributed by atoms with van der Waals surface area (Å²) in [4.78, 5) is 24.4. The number of carbonyl (C=O) groups excluding carboxylic acids is 1. The summed E-state index contributed by atoms with van der Waals surface area (Å²) in [7, 11) is 0. The standard InChI is InChI=1S/C16H21NO3S/c1-11-10-13(21-12(11)6-7-14(18)19)15(20)17-16(2)8-4-3-5-9-16/h6-7,10H,3-5,8-9H2,1-2H3,(H,17,20)(H,18,19)/b7-6+. The van der Waals surface area contributed by atoms with E-state index >= 15 is 0 Å². The van der Waals surface area contributed by atoms with Crippen molar-refractivity contribution < 1.29 is 14.7 Å². The molecule has 1 aromatic rings. The van der Waals surface area contributed by atoms with Crippen LogP contribution in [0.4, 0.5) is 0 Å². The third-order valence-corrected chi connectivity index (χ3v) is 5.13. The Hall–Kier alpha value is -1.62. The number of carboxylic acid groups (broad SMARTS) is 1. The second-order valence-electron chi connectivity index (χ2n) is 5.90. The Morgan fingerprint density at radius 3 is 2.62 bits per heavy atom. The number of hydrogen-bond donors (Lipinski definition) is 2. The quantitative estimate of drug-likeness (QED) is 0.835. The molecule has 0 unspecified atom stereocenters. The van der Waals surface area contributed by atoms with Gasteiger partial charge in [0, 0.05) is 16.5 Å². The minimum Gasteiger partial charge on any atom is -0.478 e. The summed E-state index contributed by atoms with van der Waals surface area (Å²) < 4.78 is 0. The van der Waals surface area contributed by atoms with Crippen molar-refractivity contribution in [1.82, 2.24) is 5.32 Å². The number of carbonyl (C=O) groups is 2. The highest BCUT2D eigenvalue weighted by Gasteiger charge is 2.29. The maximum atomic E-state index is 12.4. The average molecular weight is 307 g/mol. The summed E-state index contributed by atoms with van der Waals surface area (Å²) in [6.07, 6.45) is 8.25. The lowest BCUT2D eigenvalue weighted by atomic mass is 9.83. The highest BCUT2D eigenvalue weighted by Crippen LogP contribution is 2.29. The Morgan fingerprint density at radius 1 is 1.33 bits per heavy atom. The van der Waals surface area contributed by atoms with Crippen LogP contribution in [0.1, 0.15) is 59.1 Å². The first-order valence-electron chi connectivity index (χ1n) is 7.24. The van der Waals surface area contributed by atoms with Crippen LogP contribution < -0.4 is 5.32 Å². The van der Waals surface area contributed by atoms with E-state index in [9.17, 15) is 9.59 Å². The van der Waals surface area contributed by atoms with E-state index in [1.165, 1.54) is 17.8 Å². The average Bonchev–Trinajstić information content (AvgIpc) is 2.78. The maximum absolute atomic E-state index is 12.4. The minimum absolute atomic E-state index is 0.0533. The van der Waals surface area contributed by atoms with Crippen LogP contribution in [0.15, 0.2) is 12.1 Å². The lowest BCUT2D eigenvalue weighted by Gasteiger charge is -2.34. The second-order valence-corrected chi connectivity index (χ2v) is 6.99. The van der Waals surface area contributed by atoms with Crippen LogP contribution in [0.3, 0.4) is 0 Å². The second kappa shape index (κ2) is 6.43. The molecule has 0 atom stereocenters. The molecule has 5 heteroatoms. The third kappa shape index (κ3) is 4.17. The predicted octanol–water partition coefficient (Wildman–Crippen LogP) is 3.61. The van der Waals surface area contributed by atoms with Crippen LogP contribution in [-0.4, -0.2) is 22.5 Å². The lowest BCUT2D eigenvalue weighted by molar-refractivity contribution is -0.131. The Morgan fingerprint density at radius 2 is 2.00 bits per heavy atom. The molecule has 0 aliphatic heterocycles. The van der Waals surface area contributed by atoms with Crippen molar-refractivity contribution in [3.63, 3.8) is 0 Å². The van der Waals surface area contributed by atoms with Crippen LogP contribution in [-0.2, 0) is 4.79 Å². The zero-order chi connectivity index (χ0) is 15.5. The van der Waals surface area contributed by atoms with Gasteiger partial charge in [-0.1, -0.05) is 19.3 Å². The predicted molar refractivity (Wildman–Crippen MR) is 84.7 cm³/mol. The molecule has 21 heavy (non-hydrogen) atoms. The van der Waals surface area contributed by atoms with Crippen molar-refractivity contribution in [2.24, 2.45) is 0 Å². The fraction of sp³-hybridized carbons (Fsp3) is 0.500. The van der Waals surface area contributed by atoms with Crippen molar-refractivity contribution in [2.45, 2.75) is 51.5 Å². The van der Waals surface area contributed by atoms with Gasteiger partial charge < -0.3 is 10.4 Å². The van der Waals surface area contributed by atoms with E-state index < -0.39 is 5.97 Å². The molecule has 0 saturated heterocycles. The molecule has 0 aromatic carbocycles. The number of nitrogens with one attached hydrogen (secondary N) is 1. The van der Waals surface area contributed by atoms with Gasteiger partial charge in [0.25, 0.3) is 5.91 Å². The molecule has 1 heterocycles. The number of amides is 1. The topological polar surface area (TPSA) is 66.4 Å². The first-order valence-corrected chi connectivity index (χ1v) is 8.05. The first kappa shape index (κ1) is 15.8. The van der Waals surface area contributed by atoms with Crippen LogP contribution in [0.2, 0.25) is 0 Å². The SMILES string of the molecule is Cc1cc(C(=O)NC2(C)CCCCC2)sc1/C=C/C(=O)O. The summed E-state index contributed by atoms with van der Waals surface area (Å²) >= 11 is 1.33. The highest BCUT2D eigenvalue weighted by molar-refractivity contribution is 7.15. The third-order valence-electron chi connectivity index (χ3n) is 3.93. The van der Waals surface area contributed by atoms with Crippen molar-refractivity contribution in [3.8, 4) is 0 Å². The molecule has 1 fully saturated rings. The van der Waals surface area contributed by atoms with Gasteiger partial charge in [0.2, 0.25) is 0 Å². The number of rotatable bonds is 4. The van der Waals surface area contributed by atoms with E-state index in [1.54, 1.807) is 6.08 Å².